The number of aromatic nitrogens is 2. The van der Waals surface area contributed by atoms with Gasteiger partial charge in [-0.2, -0.15) is 0 Å². The largest absolute Gasteiger partial charge is 0.487 e. The highest BCUT2D eigenvalue weighted by Crippen LogP contribution is 2.17. The summed E-state index contributed by atoms with van der Waals surface area (Å²) in [5.74, 6) is 1.59. The van der Waals surface area contributed by atoms with E-state index in [-0.39, 0.29) is 24.0 Å². The highest BCUT2D eigenvalue weighted by molar-refractivity contribution is 14.0. The number of thiazole rings is 1. The minimum absolute atomic E-state index is 0. The molecule has 1 aromatic carbocycles. The zero-order valence-electron chi connectivity index (χ0n) is 17.5. The van der Waals surface area contributed by atoms with Crippen LogP contribution in [0.25, 0.3) is 0 Å². The monoisotopic (exact) mass is 537 g/mol. The molecule has 0 spiro atoms. The van der Waals surface area contributed by atoms with Crippen molar-refractivity contribution in [3.05, 3.63) is 75.5 Å². The van der Waals surface area contributed by atoms with E-state index in [1.807, 2.05) is 49.4 Å². The van der Waals surface area contributed by atoms with Crippen molar-refractivity contribution in [1.29, 1.82) is 0 Å². The first-order valence-corrected chi connectivity index (χ1v) is 10.5. The van der Waals surface area contributed by atoms with Crippen molar-refractivity contribution in [2.24, 2.45) is 4.99 Å². The molecule has 6 nitrogen and oxygen atoms in total. The minimum Gasteiger partial charge on any atom is -0.487 e. The smallest absolute Gasteiger partial charge is 0.191 e. The van der Waals surface area contributed by atoms with Gasteiger partial charge in [0.15, 0.2) is 5.96 Å². The van der Waals surface area contributed by atoms with E-state index in [9.17, 15) is 0 Å². The lowest BCUT2D eigenvalue weighted by molar-refractivity contribution is 0.301. The fourth-order valence-corrected chi connectivity index (χ4v) is 3.53. The lowest BCUT2D eigenvalue weighted by Gasteiger charge is -2.11. The Kier molecular flexibility index (Phi) is 10.0. The molecule has 3 aromatic rings. The van der Waals surface area contributed by atoms with Crippen LogP contribution in [0.2, 0.25) is 0 Å². The predicted octanol–water partition coefficient (Wildman–Crippen LogP) is 4.61. The molecule has 0 radical (unpaired) electrons. The number of guanidine groups is 1. The Morgan fingerprint density at radius 1 is 1.13 bits per heavy atom. The molecule has 0 saturated heterocycles. The number of ether oxygens (including phenoxy) is 1. The lowest BCUT2D eigenvalue weighted by atomic mass is 10.2. The first kappa shape index (κ1) is 24.1. The Morgan fingerprint density at radius 3 is 2.70 bits per heavy atom. The number of aryl methyl sites for hydroxylation is 2. The van der Waals surface area contributed by atoms with E-state index >= 15 is 0 Å². The summed E-state index contributed by atoms with van der Waals surface area (Å²) in [5.41, 5.74) is 3.08. The van der Waals surface area contributed by atoms with Gasteiger partial charge in [-0.15, -0.1) is 35.3 Å². The van der Waals surface area contributed by atoms with Gasteiger partial charge in [-0.1, -0.05) is 18.2 Å². The molecule has 2 heterocycles. The summed E-state index contributed by atoms with van der Waals surface area (Å²) in [7, 11) is 0. The second kappa shape index (κ2) is 12.5. The Hall–Kier alpha value is -2.20. The van der Waals surface area contributed by atoms with E-state index in [4.69, 9.17) is 9.73 Å². The van der Waals surface area contributed by atoms with Crippen molar-refractivity contribution in [3.8, 4) is 5.75 Å². The molecule has 30 heavy (non-hydrogen) atoms. The summed E-state index contributed by atoms with van der Waals surface area (Å²) in [6, 6.07) is 13.8. The van der Waals surface area contributed by atoms with Gasteiger partial charge in [-0.3, -0.25) is 4.98 Å². The molecule has 0 aliphatic heterocycles. The van der Waals surface area contributed by atoms with Gasteiger partial charge in [-0.05, 0) is 50.6 Å². The minimum atomic E-state index is 0. The van der Waals surface area contributed by atoms with E-state index in [2.05, 4.69) is 34.4 Å². The van der Waals surface area contributed by atoms with Crippen LogP contribution in [-0.4, -0.2) is 22.5 Å². The summed E-state index contributed by atoms with van der Waals surface area (Å²) < 4.78 is 5.86. The zero-order valence-corrected chi connectivity index (χ0v) is 20.7. The van der Waals surface area contributed by atoms with Gasteiger partial charge >= 0.3 is 0 Å². The van der Waals surface area contributed by atoms with Crippen molar-refractivity contribution < 1.29 is 4.74 Å². The standard InChI is InChI=1S/C22H27N5OS.HI/c1-4-23-22(26-14-21-27-16(2)17(3)29-21)25-13-18-8-7-10-20(12-18)28-15-19-9-5-6-11-24-19;/h5-12H,4,13-15H2,1-3H3,(H2,23,25,26);1H. The number of halogens is 1. The second-order valence-electron chi connectivity index (χ2n) is 6.56. The first-order chi connectivity index (χ1) is 14.1. The van der Waals surface area contributed by atoms with Crippen LogP contribution in [0, 0.1) is 13.8 Å². The van der Waals surface area contributed by atoms with E-state index < -0.39 is 0 Å². The van der Waals surface area contributed by atoms with E-state index in [1.165, 1.54) is 4.88 Å². The summed E-state index contributed by atoms with van der Waals surface area (Å²) in [6.07, 6.45) is 1.77. The topological polar surface area (TPSA) is 71.4 Å². The molecule has 2 N–H and O–H groups in total. The number of rotatable bonds is 8. The van der Waals surface area contributed by atoms with Crippen molar-refractivity contribution in [3.63, 3.8) is 0 Å². The summed E-state index contributed by atoms with van der Waals surface area (Å²) >= 11 is 1.72. The molecule has 8 heteroatoms. The average Bonchev–Trinajstić information content (AvgIpc) is 3.07. The molecule has 0 aliphatic rings. The highest BCUT2D eigenvalue weighted by Gasteiger charge is 2.05. The molecule has 0 amide bonds. The number of nitrogens with one attached hydrogen (secondary N) is 2. The molecule has 0 fully saturated rings. The zero-order chi connectivity index (χ0) is 20.5. The van der Waals surface area contributed by atoms with E-state index in [1.54, 1.807) is 17.5 Å². The van der Waals surface area contributed by atoms with Crippen LogP contribution in [0.4, 0.5) is 0 Å². The van der Waals surface area contributed by atoms with Crippen LogP contribution in [0.3, 0.4) is 0 Å². The third-order valence-electron chi connectivity index (χ3n) is 4.26. The van der Waals surface area contributed by atoms with Crippen molar-refractivity contribution in [1.82, 2.24) is 20.6 Å². The maximum Gasteiger partial charge on any atom is 0.191 e. The van der Waals surface area contributed by atoms with Crippen LogP contribution in [0.15, 0.2) is 53.7 Å². The normalized spacial score (nSPS) is 11.0. The van der Waals surface area contributed by atoms with Crippen LogP contribution in [0.1, 0.15) is 33.8 Å². The maximum atomic E-state index is 5.86. The van der Waals surface area contributed by atoms with Gasteiger partial charge < -0.3 is 15.4 Å². The summed E-state index contributed by atoms with van der Waals surface area (Å²) in [6.45, 7) is 8.67. The molecular weight excluding hydrogens is 509 g/mol. The second-order valence-corrected chi connectivity index (χ2v) is 7.84. The third kappa shape index (κ3) is 7.56. The molecule has 160 valence electrons. The van der Waals surface area contributed by atoms with E-state index in [0.29, 0.717) is 19.7 Å². The van der Waals surface area contributed by atoms with E-state index in [0.717, 1.165) is 40.2 Å². The number of benzene rings is 1. The molecule has 0 saturated carbocycles. The van der Waals surface area contributed by atoms with Crippen molar-refractivity contribution >= 4 is 41.3 Å². The molecule has 2 aromatic heterocycles. The van der Waals surface area contributed by atoms with Gasteiger partial charge in [0.25, 0.3) is 0 Å². The Bertz CT molecular complexity index is 926. The number of pyridine rings is 1. The number of aliphatic imine (C=N–C) groups is 1. The number of hydrogen-bond donors (Lipinski definition) is 2. The van der Waals surface area contributed by atoms with Gasteiger partial charge in [0.2, 0.25) is 0 Å². The fourth-order valence-electron chi connectivity index (χ4n) is 2.66. The predicted molar refractivity (Wildman–Crippen MR) is 134 cm³/mol. The van der Waals surface area contributed by atoms with Gasteiger partial charge in [0, 0.05) is 17.6 Å². The Morgan fingerprint density at radius 2 is 2.00 bits per heavy atom. The number of hydrogen-bond acceptors (Lipinski definition) is 5. The fraction of sp³-hybridized carbons (Fsp3) is 0.318. The molecule has 0 aliphatic carbocycles. The van der Waals surface area contributed by atoms with Crippen LogP contribution < -0.4 is 15.4 Å². The Balaban J connectivity index is 0.00000320. The van der Waals surface area contributed by atoms with Crippen molar-refractivity contribution in [2.45, 2.75) is 40.5 Å². The molecule has 3 rings (SSSR count). The van der Waals surface area contributed by atoms with Gasteiger partial charge in [-0.25, -0.2) is 9.98 Å². The number of nitrogens with zero attached hydrogens (tertiary/aromatic N) is 3. The molecule has 0 bridgehead atoms. The van der Waals surface area contributed by atoms with Crippen molar-refractivity contribution in [2.75, 3.05) is 6.54 Å². The van der Waals surface area contributed by atoms with Crippen LogP contribution in [0.5, 0.6) is 5.75 Å². The molecule has 0 atom stereocenters. The van der Waals surface area contributed by atoms with Gasteiger partial charge in [0.1, 0.15) is 17.4 Å². The van der Waals surface area contributed by atoms with Gasteiger partial charge in [0.05, 0.1) is 24.5 Å². The molecule has 0 unspecified atom stereocenters. The Labute approximate surface area is 199 Å². The van der Waals surface area contributed by atoms with Crippen LogP contribution >= 0.6 is 35.3 Å². The summed E-state index contributed by atoms with van der Waals surface area (Å²) in [5, 5.41) is 7.70. The lowest BCUT2D eigenvalue weighted by Crippen LogP contribution is -2.36. The third-order valence-corrected chi connectivity index (χ3v) is 5.33. The van der Waals surface area contributed by atoms with Crippen LogP contribution in [-0.2, 0) is 19.7 Å². The first-order valence-electron chi connectivity index (χ1n) is 9.70. The summed E-state index contributed by atoms with van der Waals surface area (Å²) in [4.78, 5) is 14.8. The quantitative estimate of drug-likeness (QED) is 0.250. The highest BCUT2D eigenvalue weighted by atomic mass is 127. The SMILES string of the molecule is CCNC(=NCc1cccc(OCc2ccccn2)c1)NCc1nc(C)c(C)s1.I. The maximum absolute atomic E-state index is 5.86. The molecular formula is C22H28IN5OS. The average molecular weight is 537 g/mol.